The van der Waals surface area contributed by atoms with E-state index in [1.807, 2.05) is 0 Å². The summed E-state index contributed by atoms with van der Waals surface area (Å²) in [5, 5.41) is 5.97. The molecular formula is C94H134O6. The summed E-state index contributed by atoms with van der Waals surface area (Å²) in [5.41, 5.74) is 1.45. The van der Waals surface area contributed by atoms with Gasteiger partial charge in [0.15, 0.2) is 23.0 Å². The molecule has 2 bridgehead atoms. The van der Waals surface area contributed by atoms with E-state index in [4.69, 9.17) is 28.4 Å². The minimum absolute atomic E-state index is 0.597. The molecule has 0 saturated heterocycles. The largest absolute Gasteiger partial charge is 0.494 e. The van der Waals surface area contributed by atoms with E-state index < -0.39 is 0 Å². The number of ether oxygens (including phenoxy) is 6. The molecule has 546 valence electrons. The summed E-state index contributed by atoms with van der Waals surface area (Å²) >= 11 is 0. The molecule has 0 radical (unpaired) electrons. The van der Waals surface area contributed by atoms with Crippen LogP contribution in [0.5, 0.6) is 34.5 Å². The fourth-order valence-electron chi connectivity index (χ4n) is 13.2. The maximum atomic E-state index is 6.79. The van der Waals surface area contributed by atoms with Crippen LogP contribution in [0.25, 0.3) is 43.1 Å². The summed E-state index contributed by atoms with van der Waals surface area (Å²) in [7, 11) is 0. The Balaban J connectivity index is 1.54. The Labute approximate surface area is 612 Å². The van der Waals surface area contributed by atoms with E-state index in [0.29, 0.717) is 62.6 Å². The Morgan fingerprint density at radius 1 is 0.180 bits per heavy atom. The first-order valence-corrected chi connectivity index (χ1v) is 41.6. The van der Waals surface area contributed by atoms with Gasteiger partial charge in [-0.1, -0.05) is 372 Å². The van der Waals surface area contributed by atoms with Gasteiger partial charge < -0.3 is 28.4 Å². The van der Waals surface area contributed by atoms with Gasteiger partial charge in [0.25, 0.3) is 0 Å². The van der Waals surface area contributed by atoms with Crippen molar-refractivity contribution in [2.75, 3.05) is 39.6 Å². The van der Waals surface area contributed by atoms with Crippen LogP contribution < -0.4 is 28.4 Å². The molecule has 0 heterocycles. The van der Waals surface area contributed by atoms with Crippen LogP contribution in [0, 0.1) is 60.4 Å². The van der Waals surface area contributed by atoms with Crippen molar-refractivity contribution in [3.63, 3.8) is 0 Å². The fourth-order valence-corrected chi connectivity index (χ4v) is 13.2. The molecule has 6 rings (SSSR count). The standard InChI is InChI=1S/C94H134O6/c1-7-13-19-25-31-37-43-49-65-95-87-71-83-59-55-79-75-91(97-67-51-45-39-33-27-21-15-9-3)93(99-69-53-47-41-35-29-23-17-11-5)77-81(79)57-61-85-73-88(96-66-50-44-38-32-26-20-14-8-2)74-86-62-58-82-78-94(100-70-54-48-42-36-30-24-18-12-6)92(98-68-52-46-40-34-28-22-16-10-4)76-80(82)56-60-84(72-87)89(83)63-64-90(85)86/h71-78H,7-54,65-70H2,1-6H3. The van der Waals surface area contributed by atoms with Gasteiger partial charge in [-0.25, -0.2) is 0 Å². The zero-order valence-electron chi connectivity index (χ0n) is 64.3. The summed E-state index contributed by atoms with van der Waals surface area (Å²) < 4.78 is 40.7. The van der Waals surface area contributed by atoms with Crippen LogP contribution >= 0.6 is 0 Å². The van der Waals surface area contributed by atoms with Crippen LogP contribution in [-0.4, -0.2) is 39.6 Å². The number of hydrogen-bond donors (Lipinski definition) is 0. The zero-order chi connectivity index (χ0) is 70.4. The van der Waals surface area contributed by atoms with Gasteiger partial charge >= 0.3 is 0 Å². The Morgan fingerprint density at radius 2 is 0.340 bits per heavy atom. The Morgan fingerprint density at radius 3 is 0.530 bits per heavy atom. The minimum atomic E-state index is 0.597. The summed E-state index contributed by atoms with van der Waals surface area (Å²) in [6.45, 7) is 17.3. The van der Waals surface area contributed by atoms with Crippen LogP contribution in [-0.2, 0) is 0 Å². The van der Waals surface area contributed by atoms with Crippen molar-refractivity contribution in [2.45, 2.75) is 350 Å². The molecule has 0 saturated carbocycles. The van der Waals surface area contributed by atoms with Gasteiger partial charge in [-0.15, -0.1) is 0 Å². The molecule has 0 aromatic heterocycles. The van der Waals surface area contributed by atoms with Gasteiger partial charge in [0.2, 0.25) is 0 Å². The van der Waals surface area contributed by atoms with Gasteiger partial charge in [-0.3, -0.25) is 0 Å². The summed E-state index contributed by atoms with van der Waals surface area (Å²) in [6, 6.07) is 45.9. The molecule has 0 unspecified atom stereocenters. The molecule has 2 aliphatic rings. The lowest BCUT2D eigenvalue weighted by Gasteiger charge is -2.13. The second-order valence-corrected chi connectivity index (χ2v) is 28.7. The Hall–Kier alpha value is -6.52. The maximum Gasteiger partial charge on any atom is 0.162 e. The monoisotopic (exact) mass is 1360 g/mol. The Kier molecular flexibility index (Phi) is 44.7. The van der Waals surface area contributed by atoms with Crippen molar-refractivity contribution in [1.29, 1.82) is 0 Å². The van der Waals surface area contributed by atoms with Crippen molar-refractivity contribution < 1.29 is 28.4 Å². The van der Waals surface area contributed by atoms with Crippen molar-refractivity contribution in [3.8, 4) is 46.3 Å². The molecule has 2 aliphatic carbocycles. The average Bonchev–Trinajstić information content (AvgIpc) is 0.792. The van der Waals surface area contributed by atoms with Crippen molar-refractivity contribution >= 4 is 43.1 Å². The smallest absolute Gasteiger partial charge is 0.162 e. The third-order valence-electron chi connectivity index (χ3n) is 19.6. The van der Waals surface area contributed by atoms with E-state index in [1.165, 1.54) is 231 Å². The minimum Gasteiger partial charge on any atom is -0.494 e. The predicted octanol–water partition coefficient (Wildman–Crippen LogP) is 28.3. The normalized spacial score (nSPS) is 11.1. The highest BCUT2D eigenvalue weighted by Crippen LogP contribution is 2.35. The molecule has 0 amide bonds. The first kappa shape index (κ1) is 82.4. The van der Waals surface area contributed by atoms with Crippen LogP contribution in [0.3, 0.4) is 0 Å². The highest BCUT2D eigenvalue weighted by Gasteiger charge is 2.14. The van der Waals surface area contributed by atoms with E-state index in [2.05, 4.69) is 150 Å². The molecule has 6 nitrogen and oxygen atoms in total. The predicted molar refractivity (Wildman–Crippen MR) is 426 cm³/mol. The first-order chi connectivity index (χ1) is 49.5. The van der Waals surface area contributed by atoms with Crippen LogP contribution in [0.4, 0.5) is 0 Å². The van der Waals surface area contributed by atoms with Crippen molar-refractivity contribution in [2.24, 2.45) is 0 Å². The summed E-state index contributed by atoms with van der Waals surface area (Å²) in [5.74, 6) is 11.6. The van der Waals surface area contributed by atoms with Crippen molar-refractivity contribution in [3.05, 3.63) is 108 Å². The van der Waals surface area contributed by atoms with Crippen LogP contribution in [0.15, 0.2) is 48.5 Å². The number of unbranched alkanes of at least 4 members (excludes halogenated alkanes) is 42. The van der Waals surface area contributed by atoms with Gasteiger partial charge in [-0.05, 0) is 62.8 Å². The molecule has 0 fully saturated rings. The molecule has 0 N–H and O–H groups in total. The molecule has 4 aromatic carbocycles. The molecule has 6 heteroatoms. The highest BCUT2D eigenvalue weighted by atomic mass is 16.5. The topological polar surface area (TPSA) is 55.4 Å². The lowest BCUT2D eigenvalue weighted by Crippen LogP contribution is -2.03. The highest BCUT2D eigenvalue weighted by molar-refractivity contribution is 5.89. The third kappa shape index (κ3) is 34.0. The molecule has 0 spiro atoms. The SMILES string of the molecule is CCCCCCCCCCOc1cc2c#cc3cc(OCCCCCCCCCC)c(OCCCCCCCCCC)cc3c#cc3cc(OCCCCCCCCCC)cc4c#cc5cc(OCCCCCCCCCC)c(OCCCCCCCCCC)cc5c#cc(c1)c2C#Cc34. The zero-order valence-corrected chi connectivity index (χ0v) is 64.3. The maximum absolute atomic E-state index is 6.79. The van der Waals surface area contributed by atoms with Crippen LogP contribution in [0.2, 0.25) is 0 Å². The van der Waals surface area contributed by atoms with E-state index in [-0.39, 0.29) is 0 Å². The van der Waals surface area contributed by atoms with E-state index in [0.717, 1.165) is 143 Å². The molecule has 4 aromatic rings. The fraction of sp³-hybridized carbons (Fsp3) is 0.638. The quantitative estimate of drug-likeness (QED) is 0.0280. The first-order valence-electron chi connectivity index (χ1n) is 41.6. The van der Waals surface area contributed by atoms with E-state index >= 15 is 0 Å². The lowest BCUT2D eigenvalue weighted by atomic mass is 10.0. The number of benzene rings is 4. The van der Waals surface area contributed by atoms with Gasteiger partial charge in [-0.2, -0.15) is 0 Å². The summed E-state index contributed by atoms with van der Waals surface area (Å²) in [6.07, 6.45) is 58.7. The number of rotatable bonds is 60. The summed E-state index contributed by atoms with van der Waals surface area (Å²) in [4.78, 5) is 0. The van der Waals surface area contributed by atoms with Gasteiger partial charge in [0.1, 0.15) is 11.5 Å². The number of hydrogen-bond acceptors (Lipinski definition) is 6. The average molecular weight is 1360 g/mol. The molecule has 100 heavy (non-hydrogen) atoms. The molecule has 0 aliphatic heterocycles. The lowest BCUT2D eigenvalue weighted by molar-refractivity contribution is 0.259. The second-order valence-electron chi connectivity index (χ2n) is 28.7. The van der Waals surface area contributed by atoms with E-state index in [1.54, 1.807) is 0 Å². The molecular weight excluding hydrogens is 1230 g/mol. The Bertz CT molecular complexity index is 2830. The van der Waals surface area contributed by atoms with Gasteiger partial charge in [0, 0.05) is 67.4 Å². The van der Waals surface area contributed by atoms with Crippen LogP contribution in [0.1, 0.15) is 361 Å². The number of fused-ring (bicyclic) bond motifs is 2. The van der Waals surface area contributed by atoms with Crippen molar-refractivity contribution in [1.82, 2.24) is 0 Å². The van der Waals surface area contributed by atoms with Gasteiger partial charge in [0.05, 0.1) is 50.8 Å². The third-order valence-corrected chi connectivity index (χ3v) is 19.6. The molecule has 0 atom stereocenters. The second kappa shape index (κ2) is 54.2. The van der Waals surface area contributed by atoms with E-state index in [9.17, 15) is 0 Å².